The molecule has 0 amide bonds. The minimum Gasteiger partial charge on any atom is -0.486 e. The molecule has 3 heterocycles. The van der Waals surface area contributed by atoms with E-state index in [1.165, 1.54) is 12.1 Å². The van der Waals surface area contributed by atoms with Gasteiger partial charge in [-0.05, 0) is 56.3 Å². The van der Waals surface area contributed by atoms with Gasteiger partial charge in [0, 0.05) is 24.1 Å². The summed E-state index contributed by atoms with van der Waals surface area (Å²) in [5.74, 6) is 2.61. The summed E-state index contributed by atoms with van der Waals surface area (Å²) in [5.41, 5.74) is 0.849. The molecule has 182 valence electrons. The lowest BCUT2D eigenvalue weighted by molar-refractivity contribution is -0.137. The molecule has 0 radical (unpaired) electrons. The average molecular weight is 484 g/mol. The van der Waals surface area contributed by atoms with Gasteiger partial charge in [0.05, 0.1) is 5.56 Å². The van der Waals surface area contributed by atoms with Gasteiger partial charge in [-0.1, -0.05) is 18.2 Å². The Bertz CT molecular complexity index is 1290. The van der Waals surface area contributed by atoms with Gasteiger partial charge in [0.15, 0.2) is 11.6 Å². The van der Waals surface area contributed by atoms with Crippen molar-refractivity contribution in [3.8, 4) is 28.6 Å². The van der Waals surface area contributed by atoms with Gasteiger partial charge in [-0.3, -0.25) is 0 Å². The topological polar surface area (TPSA) is 90.9 Å². The predicted molar refractivity (Wildman–Crippen MR) is 120 cm³/mol. The summed E-state index contributed by atoms with van der Waals surface area (Å²) in [5, 5.41) is 20.1. The zero-order chi connectivity index (χ0) is 24.4. The number of rotatable bonds is 6. The SMILES string of the molecule is Cn1c(COc2cccc(C(F)(F)F)c2)nnc1-c1ccc(-c2nnc(C3CCNCC3)o2)cc1. The van der Waals surface area contributed by atoms with Crippen molar-refractivity contribution in [3.05, 3.63) is 65.8 Å². The van der Waals surface area contributed by atoms with Gasteiger partial charge in [0.1, 0.15) is 12.4 Å². The Labute approximate surface area is 199 Å². The fourth-order valence-electron chi connectivity index (χ4n) is 4.00. The fourth-order valence-corrected chi connectivity index (χ4v) is 4.00. The second kappa shape index (κ2) is 9.49. The van der Waals surface area contributed by atoms with Crippen LogP contribution in [-0.4, -0.2) is 38.1 Å². The molecule has 0 spiro atoms. The molecular weight excluding hydrogens is 461 g/mol. The van der Waals surface area contributed by atoms with Crippen molar-refractivity contribution in [2.24, 2.45) is 7.05 Å². The Morgan fingerprint density at radius 1 is 1.00 bits per heavy atom. The molecule has 11 heteroatoms. The van der Waals surface area contributed by atoms with Gasteiger partial charge < -0.3 is 19.0 Å². The lowest BCUT2D eigenvalue weighted by Gasteiger charge is -2.18. The number of alkyl halides is 3. The van der Waals surface area contributed by atoms with Gasteiger partial charge in [-0.25, -0.2) is 0 Å². The van der Waals surface area contributed by atoms with Crippen LogP contribution in [0.4, 0.5) is 13.2 Å². The highest BCUT2D eigenvalue weighted by molar-refractivity contribution is 5.62. The van der Waals surface area contributed by atoms with E-state index in [0.717, 1.165) is 49.2 Å². The smallest absolute Gasteiger partial charge is 0.416 e. The molecule has 2 aromatic heterocycles. The summed E-state index contributed by atoms with van der Waals surface area (Å²) in [6, 6.07) is 12.3. The molecule has 0 bridgehead atoms. The van der Waals surface area contributed by atoms with Crippen LogP contribution in [0.5, 0.6) is 5.75 Å². The molecule has 5 rings (SSSR count). The standard InChI is InChI=1S/C24H23F3N6O2/c1-33-20(14-34-19-4-2-3-18(13-19)24(25,26)27)29-30-21(33)15-5-7-16(8-6-15)22-31-32-23(35-22)17-9-11-28-12-10-17/h2-8,13,17,28H,9-12,14H2,1H3. The molecule has 1 saturated heterocycles. The number of nitrogens with one attached hydrogen (secondary N) is 1. The van der Waals surface area contributed by atoms with Crippen LogP contribution >= 0.6 is 0 Å². The van der Waals surface area contributed by atoms with Gasteiger partial charge in [-0.2, -0.15) is 13.2 Å². The quantitative estimate of drug-likeness (QED) is 0.428. The molecule has 2 aromatic carbocycles. The number of piperidine rings is 1. The van der Waals surface area contributed by atoms with Gasteiger partial charge in [0.25, 0.3) is 0 Å². The number of nitrogens with zero attached hydrogens (tertiary/aromatic N) is 5. The summed E-state index contributed by atoms with van der Waals surface area (Å²) in [4.78, 5) is 0. The van der Waals surface area contributed by atoms with E-state index in [2.05, 4.69) is 25.7 Å². The Kier molecular flexibility index (Phi) is 6.25. The maximum absolute atomic E-state index is 12.9. The van der Waals surface area contributed by atoms with Crippen LogP contribution < -0.4 is 10.1 Å². The average Bonchev–Trinajstić information content (AvgIpc) is 3.50. The minimum atomic E-state index is -4.43. The van der Waals surface area contributed by atoms with Gasteiger partial charge >= 0.3 is 6.18 Å². The van der Waals surface area contributed by atoms with Crippen molar-refractivity contribution in [1.82, 2.24) is 30.3 Å². The van der Waals surface area contributed by atoms with Crippen LogP contribution in [0.25, 0.3) is 22.8 Å². The monoisotopic (exact) mass is 484 g/mol. The number of hydrogen-bond acceptors (Lipinski definition) is 7. The van der Waals surface area contributed by atoms with Gasteiger partial charge in [-0.15, -0.1) is 20.4 Å². The van der Waals surface area contributed by atoms with Crippen LogP contribution in [-0.2, 0) is 19.8 Å². The zero-order valence-electron chi connectivity index (χ0n) is 18.9. The van der Waals surface area contributed by atoms with E-state index in [-0.39, 0.29) is 18.3 Å². The van der Waals surface area contributed by atoms with Gasteiger partial charge in [0.2, 0.25) is 11.8 Å². The maximum atomic E-state index is 12.9. The highest BCUT2D eigenvalue weighted by Gasteiger charge is 2.30. The maximum Gasteiger partial charge on any atom is 0.416 e. The third kappa shape index (κ3) is 5.04. The molecule has 0 aliphatic carbocycles. The molecule has 1 aliphatic heterocycles. The largest absolute Gasteiger partial charge is 0.486 e. The number of halogens is 3. The highest BCUT2D eigenvalue weighted by Crippen LogP contribution is 2.32. The fraction of sp³-hybridized carbons (Fsp3) is 0.333. The van der Waals surface area contributed by atoms with Crippen LogP contribution in [0.3, 0.4) is 0 Å². The molecule has 0 saturated carbocycles. The summed E-state index contributed by atoms with van der Waals surface area (Å²) >= 11 is 0. The second-order valence-electron chi connectivity index (χ2n) is 8.36. The van der Waals surface area contributed by atoms with E-state index < -0.39 is 11.7 Å². The molecule has 1 N–H and O–H groups in total. The summed E-state index contributed by atoms with van der Waals surface area (Å²) < 4.78 is 51.9. The predicted octanol–water partition coefficient (Wildman–Crippen LogP) is 4.60. The molecule has 1 fully saturated rings. The van der Waals surface area contributed by atoms with E-state index in [9.17, 15) is 13.2 Å². The van der Waals surface area contributed by atoms with Crippen molar-refractivity contribution >= 4 is 0 Å². The second-order valence-corrected chi connectivity index (χ2v) is 8.36. The van der Waals surface area contributed by atoms with Crippen LogP contribution in [0.2, 0.25) is 0 Å². The van der Waals surface area contributed by atoms with Crippen LogP contribution in [0.1, 0.15) is 36.0 Å². The Morgan fingerprint density at radius 3 is 2.49 bits per heavy atom. The lowest BCUT2D eigenvalue weighted by atomic mass is 9.98. The Hall–Kier alpha value is -3.73. The minimum absolute atomic E-state index is 0.0235. The van der Waals surface area contributed by atoms with E-state index in [0.29, 0.717) is 23.4 Å². The molecule has 8 nitrogen and oxygen atoms in total. The van der Waals surface area contributed by atoms with Crippen molar-refractivity contribution in [1.29, 1.82) is 0 Å². The number of benzene rings is 2. The number of aromatic nitrogens is 5. The highest BCUT2D eigenvalue weighted by atomic mass is 19.4. The normalized spacial score (nSPS) is 14.9. The molecule has 1 aliphatic rings. The third-order valence-electron chi connectivity index (χ3n) is 6.01. The molecule has 0 unspecified atom stereocenters. The first kappa shape index (κ1) is 23.0. The molecule has 4 aromatic rings. The number of ether oxygens (including phenoxy) is 1. The summed E-state index contributed by atoms with van der Waals surface area (Å²) in [6.07, 6.45) is -2.47. The molecule has 0 atom stereocenters. The van der Waals surface area contributed by atoms with E-state index in [1.54, 1.807) is 11.6 Å². The molecular formula is C24H23F3N6O2. The van der Waals surface area contributed by atoms with Crippen molar-refractivity contribution in [3.63, 3.8) is 0 Å². The van der Waals surface area contributed by atoms with E-state index in [1.807, 2.05) is 24.3 Å². The Morgan fingerprint density at radius 2 is 1.74 bits per heavy atom. The van der Waals surface area contributed by atoms with Crippen molar-refractivity contribution in [2.75, 3.05) is 13.1 Å². The summed E-state index contributed by atoms with van der Waals surface area (Å²) in [6.45, 7) is 1.87. The van der Waals surface area contributed by atoms with Crippen molar-refractivity contribution < 1.29 is 22.3 Å². The lowest BCUT2D eigenvalue weighted by Crippen LogP contribution is -2.26. The first-order chi connectivity index (χ1) is 16.9. The first-order valence-corrected chi connectivity index (χ1v) is 11.2. The first-order valence-electron chi connectivity index (χ1n) is 11.2. The Balaban J connectivity index is 1.27. The third-order valence-corrected chi connectivity index (χ3v) is 6.01. The zero-order valence-corrected chi connectivity index (χ0v) is 18.9. The van der Waals surface area contributed by atoms with E-state index >= 15 is 0 Å². The van der Waals surface area contributed by atoms with E-state index in [4.69, 9.17) is 9.15 Å². The van der Waals surface area contributed by atoms with Crippen molar-refractivity contribution in [2.45, 2.75) is 31.5 Å². The number of hydrogen-bond donors (Lipinski definition) is 1. The van der Waals surface area contributed by atoms with Crippen LogP contribution in [0, 0.1) is 0 Å². The molecule has 35 heavy (non-hydrogen) atoms. The summed E-state index contributed by atoms with van der Waals surface area (Å²) in [7, 11) is 1.78. The van der Waals surface area contributed by atoms with Crippen LogP contribution in [0.15, 0.2) is 52.9 Å².